The molecule has 0 saturated carbocycles. The van der Waals surface area contributed by atoms with Gasteiger partial charge in [-0.2, -0.15) is 0 Å². The first-order chi connectivity index (χ1) is 7.77. The molecular formula is C13H24N2S. The van der Waals surface area contributed by atoms with Crippen molar-refractivity contribution in [1.29, 1.82) is 0 Å². The molecule has 0 aromatic carbocycles. The van der Waals surface area contributed by atoms with Gasteiger partial charge < -0.3 is 5.32 Å². The standard InChI is InChI=1S/C13H24N2S/c1-4-6-8-12(7-5-2)14-9-13-11(3)15-10-16-13/h10,12,14H,4-9H2,1-3H3. The summed E-state index contributed by atoms with van der Waals surface area (Å²) in [5, 5.41) is 3.67. The summed E-state index contributed by atoms with van der Waals surface area (Å²) in [6.07, 6.45) is 6.49. The maximum atomic E-state index is 4.28. The van der Waals surface area contributed by atoms with Crippen LogP contribution in [-0.4, -0.2) is 11.0 Å². The van der Waals surface area contributed by atoms with Crippen molar-refractivity contribution in [2.75, 3.05) is 0 Å². The van der Waals surface area contributed by atoms with Gasteiger partial charge in [0, 0.05) is 17.5 Å². The number of unbranched alkanes of at least 4 members (excludes halogenated alkanes) is 1. The first-order valence-electron chi connectivity index (χ1n) is 6.40. The van der Waals surface area contributed by atoms with E-state index in [2.05, 4.69) is 31.1 Å². The molecule has 1 aromatic heterocycles. The molecule has 92 valence electrons. The zero-order valence-corrected chi connectivity index (χ0v) is 11.6. The number of hydrogen-bond donors (Lipinski definition) is 1. The highest BCUT2D eigenvalue weighted by atomic mass is 32.1. The van der Waals surface area contributed by atoms with E-state index in [0.717, 1.165) is 6.54 Å². The zero-order valence-electron chi connectivity index (χ0n) is 10.8. The van der Waals surface area contributed by atoms with Crippen LogP contribution in [0.1, 0.15) is 56.5 Å². The van der Waals surface area contributed by atoms with E-state index in [1.54, 1.807) is 11.3 Å². The lowest BCUT2D eigenvalue weighted by atomic mass is 10.1. The first-order valence-corrected chi connectivity index (χ1v) is 7.28. The smallest absolute Gasteiger partial charge is 0.0798 e. The molecule has 0 saturated heterocycles. The third-order valence-corrected chi connectivity index (χ3v) is 3.87. The third kappa shape index (κ3) is 4.62. The maximum absolute atomic E-state index is 4.28. The highest BCUT2D eigenvalue weighted by Crippen LogP contribution is 2.13. The third-order valence-electron chi connectivity index (χ3n) is 2.94. The molecule has 1 heterocycles. The second-order valence-electron chi connectivity index (χ2n) is 4.37. The number of rotatable bonds is 8. The first kappa shape index (κ1) is 13.7. The average molecular weight is 240 g/mol. The van der Waals surface area contributed by atoms with Crippen molar-refractivity contribution in [3.05, 3.63) is 16.1 Å². The fraction of sp³-hybridized carbons (Fsp3) is 0.769. The Morgan fingerprint density at radius 2 is 2.12 bits per heavy atom. The Labute approximate surface area is 103 Å². The van der Waals surface area contributed by atoms with Crippen molar-refractivity contribution >= 4 is 11.3 Å². The molecule has 0 aliphatic carbocycles. The van der Waals surface area contributed by atoms with Crippen LogP contribution in [0.3, 0.4) is 0 Å². The summed E-state index contributed by atoms with van der Waals surface area (Å²) >= 11 is 1.76. The number of thiazole rings is 1. The van der Waals surface area contributed by atoms with E-state index in [-0.39, 0.29) is 0 Å². The normalized spacial score (nSPS) is 12.9. The Morgan fingerprint density at radius 1 is 1.31 bits per heavy atom. The molecular weight excluding hydrogens is 216 g/mol. The summed E-state index contributed by atoms with van der Waals surface area (Å²) in [5.74, 6) is 0. The fourth-order valence-electron chi connectivity index (χ4n) is 1.88. The summed E-state index contributed by atoms with van der Waals surface area (Å²) in [7, 11) is 0. The van der Waals surface area contributed by atoms with E-state index in [4.69, 9.17) is 0 Å². The van der Waals surface area contributed by atoms with Gasteiger partial charge in [0.05, 0.1) is 11.2 Å². The Balaban J connectivity index is 2.34. The van der Waals surface area contributed by atoms with Crippen LogP contribution in [0.4, 0.5) is 0 Å². The van der Waals surface area contributed by atoms with E-state index in [1.807, 2.05) is 5.51 Å². The number of aromatic nitrogens is 1. The van der Waals surface area contributed by atoms with E-state index in [9.17, 15) is 0 Å². The van der Waals surface area contributed by atoms with E-state index >= 15 is 0 Å². The minimum absolute atomic E-state index is 0.687. The van der Waals surface area contributed by atoms with Crippen LogP contribution < -0.4 is 5.32 Å². The van der Waals surface area contributed by atoms with Gasteiger partial charge in [0.2, 0.25) is 0 Å². The zero-order chi connectivity index (χ0) is 11.8. The van der Waals surface area contributed by atoms with Gasteiger partial charge in [0.15, 0.2) is 0 Å². The molecule has 0 radical (unpaired) electrons. The highest BCUT2D eigenvalue weighted by molar-refractivity contribution is 7.09. The molecule has 0 bridgehead atoms. The van der Waals surface area contributed by atoms with Crippen molar-refractivity contribution in [2.24, 2.45) is 0 Å². The number of aryl methyl sites for hydroxylation is 1. The summed E-state index contributed by atoms with van der Waals surface area (Å²) in [5.41, 5.74) is 3.12. The largest absolute Gasteiger partial charge is 0.309 e. The maximum Gasteiger partial charge on any atom is 0.0798 e. The van der Waals surface area contributed by atoms with E-state index in [1.165, 1.54) is 42.7 Å². The Bertz CT molecular complexity index is 283. The summed E-state index contributed by atoms with van der Waals surface area (Å²) in [6.45, 7) is 7.61. The predicted molar refractivity (Wildman–Crippen MR) is 71.9 cm³/mol. The van der Waals surface area contributed by atoms with Crippen molar-refractivity contribution in [3.8, 4) is 0 Å². The van der Waals surface area contributed by atoms with Crippen molar-refractivity contribution in [1.82, 2.24) is 10.3 Å². The van der Waals surface area contributed by atoms with Crippen molar-refractivity contribution in [2.45, 2.75) is 65.5 Å². The lowest BCUT2D eigenvalue weighted by Crippen LogP contribution is -2.28. The predicted octanol–water partition coefficient (Wildman–Crippen LogP) is 3.90. The lowest BCUT2D eigenvalue weighted by molar-refractivity contribution is 0.435. The van der Waals surface area contributed by atoms with Crippen LogP contribution in [0, 0.1) is 6.92 Å². The topological polar surface area (TPSA) is 24.9 Å². The number of nitrogens with zero attached hydrogens (tertiary/aromatic N) is 1. The Morgan fingerprint density at radius 3 is 2.69 bits per heavy atom. The fourth-order valence-corrected chi connectivity index (χ4v) is 2.61. The monoisotopic (exact) mass is 240 g/mol. The lowest BCUT2D eigenvalue weighted by Gasteiger charge is -2.17. The summed E-state index contributed by atoms with van der Waals surface area (Å²) < 4.78 is 0. The average Bonchev–Trinajstić information content (AvgIpc) is 2.68. The van der Waals surface area contributed by atoms with Crippen molar-refractivity contribution in [3.63, 3.8) is 0 Å². The molecule has 2 nitrogen and oxygen atoms in total. The number of nitrogens with one attached hydrogen (secondary N) is 1. The van der Waals surface area contributed by atoms with E-state index in [0.29, 0.717) is 6.04 Å². The molecule has 0 fully saturated rings. The minimum atomic E-state index is 0.687. The second kappa shape index (κ2) is 7.80. The molecule has 0 spiro atoms. The summed E-state index contributed by atoms with van der Waals surface area (Å²) in [6, 6.07) is 0.687. The van der Waals surface area contributed by atoms with Gasteiger partial charge in [-0.15, -0.1) is 11.3 Å². The van der Waals surface area contributed by atoms with Gasteiger partial charge in [-0.3, -0.25) is 0 Å². The quantitative estimate of drug-likeness (QED) is 0.745. The molecule has 0 aliphatic rings. The van der Waals surface area contributed by atoms with Gasteiger partial charge in [0.25, 0.3) is 0 Å². The summed E-state index contributed by atoms with van der Waals surface area (Å²) in [4.78, 5) is 5.67. The van der Waals surface area contributed by atoms with Crippen LogP contribution in [-0.2, 0) is 6.54 Å². The molecule has 1 rings (SSSR count). The Kier molecular flexibility index (Phi) is 6.65. The van der Waals surface area contributed by atoms with Crippen LogP contribution in [0.25, 0.3) is 0 Å². The molecule has 1 N–H and O–H groups in total. The molecule has 1 unspecified atom stereocenters. The minimum Gasteiger partial charge on any atom is -0.309 e. The van der Waals surface area contributed by atoms with E-state index < -0.39 is 0 Å². The molecule has 1 aromatic rings. The molecule has 16 heavy (non-hydrogen) atoms. The van der Waals surface area contributed by atoms with Crippen LogP contribution in [0.15, 0.2) is 5.51 Å². The van der Waals surface area contributed by atoms with Crippen molar-refractivity contribution < 1.29 is 0 Å². The van der Waals surface area contributed by atoms with Gasteiger partial charge in [-0.05, 0) is 19.8 Å². The van der Waals surface area contributed by atoms with Crippen LogP contribution >= 0.6 is 11.3 Å². The second-order valence-corrected chi connectivity index (χ2v) is 5.31. The van der Waals surface area contributed by atoms with Gasteiger partial charge in [-0.25, -0.2) is 4.98 Å². The molecule has 0 aliphatic heterocycles. The molecule has 3 heteroatoms. The number of hydrogen-bond acceptors (Lipinski definition) is 3. The van der Waals surface area contributed by atoms with Gasteiger partial charge in [0.1, 0.15) is 0 Å². The van der Waals surface area contributed by atoms with Gasteiger partial charge in [-0.1, -0.05) is 33.1 Å². The molecule has 0 amide bonds. The van der Waals surface area contributed by atoms with Crippen LogP contribution in [0.2, 0.25) is 0 Å². The highest BCUT2D eigenvalue weighted by Gasteiger charge is 2.08. The molecule has 1 atom stereocenters. The SMILES string of the molecule is CCCCC(CCC)NCc1scnc1C. The van der Waals surface area contributed by atoms with Gasteiger partial charge >= 0.3 is 0 Å². The Hall–Kier alpha value is -0.410. The van der Waals surface area contributed by atoms with Crippen LogP contribution in [0.5, 0.6) is 0 Å².